The average Bonchev–Trinajstić information content (AvgIpc) is 2.82. The van der Waals surface area contributed by atoms with Crippen molar-refractivity contribution in [3.8, 4) is 0 Å². The van der Waals surface area contributed by atoms with Gasteiger partial charge in [0.2, 0.25) is 5.91 Å². The normalized spacial score (nSPS) is 22.1. The lowest BCUT2D eigenvalue weighted by molar-refractivity contribution is -0.126. The van der Waals surface area contributed by atoms with E-state index in [1.54, 1.807) is 6.26 Å². The van der Waals surface area contributed by atoms with Crippen molar-refractivity contribution in [1.29, 1.82) is 0 Å². The number of piperidine rings is 1. The van der Waals surface area contributed by atoms with Gasteiger partial charge in [-0.2, -0.15) is 0 Å². The van der Waals surface area contributed by atoms with E-state index in [0.29, 0.717) is 0 Å². The lowest BCUT2D eigenvalue weighted by atomic mass is 9.98. The summed E-state index contributed by atoms with van der Waals surface area (Å²) in [5, 5.41) is 6.30. The van der Waals surface area contributed by atoms with Crippen molar-refractivity contribution < 1.29 is 9.21 Å². The van der Waals surface area contributed by atoms with Crippen LogP contribution in [0.5, 0.6) is 0 Å². The van der Waals surface area contributed by atoms with Crippen molar-refractivity contribution in [2.24, 2.45) is 5.92 Å². The second-order valence-electron chi connectivity index (χ2n) is 4.74. The van der Waals surface area contributed by atoms with Crippen LogP contribution < -0.4 is 10.6 Å². The van der Waals surface area contributed by atoms with Crippen LogP contribution >= 0.6 is 0 Å². The molecule has 2 rings (SSSR count). The molecule has 1 aromatic heterocycles. The molecule has 0 bridgehead atoms. The van der Waals surface area contributed by atoms with Crippen LogP contribution in [0.2, 0.25) is 0 Å². The third kappa shape index (κ3) is 3.60. The highest BCUT2D eigenvalue weighted by atomic mass is 16.3. The zero-order valence-electron chi connectivity index (χ0n) is 10.2. The molecule has 94 valence electrons. The van der Waals surface area contributed by atoms with Crippen LogP contribution in [0.25, 0.3) is 0 Å². The first-order chi connectivity index (χ1) is 8.25. The Labute approximate surface area is 102 Å². The van der Waals surface area contributed by atoms with Gasteiger partial charge in [0.05, 0.1) is 12.2 Å². The number of carbonyl (C=O) groups excluding carboxylic acids is 1. The molecule has 17 heavy (non-hydrogen) atoms. The van der Waals surface area contributed by atoms with E-state index < -0.39 is 0 Å². The Balaban J connectivity index is 1.77. The molecule has 1 aromatic rings. The van der Waals surface area contributed by atoms with Gasteiger partial charge in [0.25, 0.3) is 0 Å². The first-order valence-electron chi connectivity index (χ1n) is 6.29. The lowest BCUT2D eigenvalue weighted by Gasteiger charge is -2.23. The molecule has 2 heterocycles. The maximum absolute atomic E-state index is 12.0. The number of nitrogens with one attached hydrogen (secondary N) is 2. The second kappa shape index (κ2) is 5.87. The summed E-state index contributed by atoms with van der Waals surface area (Å²) in [5.41, 5.74) is 0. The van der Waals surface area contributed by atoms with Gasteiger partial charge >= 0.3 is 0 Å². The van der Waals surface area contributed by atoms with Crippen LogP contribution in [-0.2, 0) is 11.2 Å². The molecular formula is C13H20N2O2. The fourth-order valence-corrected chi connectivity index (χ4v) is 2.22. The van der Waals surface area contributed by atoms with Crippen molar-refractivity contribution in [1.82, 2.24) is 10.6 Å². The molecule has 2 N–H and O–H groups in total. The standard InChI is InChI=1S/C13H20N2O2/c1-10(8-12-5-3-7-17-12)15-13(16)11-4-2-6-14-9-11/h3,5,7,10-11,14H,2,4,6,8-9H2,1H3,(H,15,16). The Kier molecular flexibility index (Phi) is 4.20. The molecule has 4 nitrogen and oxygen atoms in total. The molecule has 2 atom stereocenters. The van der Waals surface area contributed by atoms with Crippen LogP contribution in [0.15, 0.2) is 22.8 Å². The molecule has 0 aromatic carbocycles. The quantitative estimate of drug-likeness (QED) is 0.829. The predicted molar refractivity (Wildman–Crippen MR) is 65.6 cm³/mol. The Morgan fingerprint density at radius 2 is 2.59 bits per heavy atom. The Bertz CT molecular complexity index is 342. The van der Waals surface area contributed by atoms with Gasteiger partial charge in [0.15, 0.2) is 0 Å². The number of hydrogen-bond acceptors (Lipinski definition) is 3. The van der Waals surface area contributed by atoms with Gasteiger partial charge < -0.3 is 15.1 Å². The highest BCUT2D eigenvalue weighted by Crippen LogP contribution is 2.11. The zero-order valence-corrected chi connectivity index (χ0v) is 10.2. The molecule has 0 saturated carbocycles. The number of rotatable bonds is 4. The van der Waals surface area contributed by atoms with Crippen molar-refractivity contribution in [3.05, 3.63) is 24.2 Å². The van der Waals surface area contributed by atoms with E-state index in [-0.39, 0.29) is 17.9 Å². The number of hydrogen-bond donors (Lipinski definition) is 2. The van der Waals surface area contributed by atoms with Crippen molar-refractivity contribution in [2.45, 2.75) is 32.2 Å². The molecule has 0 spiro atoms. The van der Waals surface area contributed by atoms with E-state index in [0.717, 1.165) is 38.1 Å². The predicted octanol–water partition coefficient (Wildman–Crippen LogP) is 1.33. The first kappa shape index (κ1) is 12.2. The van der Waals surface area contributed by atoms with E-state index in [9.17, 15) is 4.79 Å². The summed E-state index contributed by atoms with van der Waals surface area (Å²) in [4.78, 5) is 12.0. The number of amides is 1. The Morgan fingerprint density at radius 3 is 3.24 bits per heavy atom. The molecule has 1 aliphatic rings. The summed E-state index contributed by atoms with van der Waals surface area (Å²) in [6.07, 6.45) is 4.49. The van der Waals surface area contributed by atoms with Crippen molar-refractivity contribution in [2.75, 3.05) is 13.1 Å². The van der Waals surface area contributed by atoms with Gasteiger partial charge in [-0.05, 0) is 38.4 Å². The summed E-state index contributed by atoms with van der Waals surface area (Å²) >= 11 is 0. The Morgan fingerprint density at radius 1 is 1.71 bits per heavy atom. The minimum absolute atomic E-state index is 0.121. The molecule has 4 heteroatoms. The summed E-state index contributed by atoms with van der Waals surface area (Å²) < 4.78 is 5.27. The summed E-state index contributed by atoms with van der Waals surface area (Å²) in [5.74, 6) is 1.21. The SMILES string of the molecule is CC(Cc1ccco1)NC(=O)C1CCCNC1. The summed E-state index contributed by atoms with van der Waals surface area (Å²) in [7, 11) is 0. The highest BCUT2D eigenvalue weighted by Gasteiger charge is 2.22. The van der Waals surface area contributed by atoms with E-state index >= 15 is 0 Å². The third-order valence-corrected chi connectivity index (χ3v) is 3.14. The van der Waals surface area contributed by atoms with E-state index in [4.69, 9.17) is 4.42 Å². The molecule has 1 amide bonds. The van der Waals surface area contributed by atoms with Crippen LogP contribution in [0, 0.1) is 5.92 Å². The van der Waals surface area contributed by atoms with Gasteiger partial charge in [-0.1, -0.05) is 0 Å². The monoisotopic (exact) mass is 236 g/mol. The molecule has 1 fully saturated rings. The van der Waals surface area contributed by atoms with Crippen LogP contribution in [-0.4, -0.2) is 25.0 Å². The molecule has 1 aliphatic heterocycles. The lowest BCUT2D eigenvalue weighted by Crippen LogP contribution is -2.44. The second-order valence-corrected chi connectivity index (χ2v) is 4.74. The highest BCUT2D eigenvalue weighted by molar-refractivity contribution is 5.79. The van der Waals surface area contributed by atoms with E-state index in [1.807, 2.05) is 19.1 Å². The van der Waals surface area contributed by atoms with Gasteiger partial charge in [-0.15, -0.1) is 0 Å². The van der Waals surface area contributed by atoms with Gasteiger partial charge in [0, 0.05) is 19.0 Å². The maximum Gasteiger partial charge on any atom is 0.224 e. The minimum atomic E-state index is 0.121. The van der Waals surface area contributed by atoms with Crippen molar-refractivity contribution in [3.63, 3.8) is 0 Å². The largest absolute Gasteiger partial charge is 0.469 e. The molecule has 2 unspecified atom stereocenters. The van der Waals surface area contributed by atoms with Gasteiger partial charge in [-0.25, -0.2) is 0 Å². The first-order valence-corrected chi connectivity index (χ1v) is 6.29. The van der Waals surface area contributed by atoms with Crippen LogP contribution in [0.4, 0.5) is 0 Å². The van der Waals surface area contributed by atoms with E-state index in [1.165, 1.54) is 0 Å². The fourth-order valence-electron chi connectivity index (χ4n) is 2.22. The number of furan rings is 1. The third-order valence-electron chi connectivity index (χ3n) is 3.14. The summed E-state index contributed by atoms with van der Waals surface area (Å²) in [6.45, 7) is 3.85. The average molecular weight is 236 g/mol. The van der Waals surface area contributed by atoms with Crippen LogP contribution in [0.3, 0.4) is 0 Å². The Hall–Kier alpha value is -1.29. The molecule has 1 saturated heterocycles. The smallest absolute Gasteiger partial charge is 0.224 e. The zero-order chi connectivity index (χ0) is 12.1. The fraction of sp³-hybridized carbons (Fsp3) is 0.615. The van der Waals surface area contributed by atoms with Gasteiger partial charge in [0.1, 0.15) is 5.76 Å². The summed E-state index contributed by atoms with van der Waals surface area (Å²) in [6, 6.07) is 3.93. The molecule has 0 radical (unpaired) electrons. The van der Waals surface area contributed by atoms with Gasteiger partial charge in [-0.3, -0.25) is 4.79 Å². The maximum atomic E-state index is 12.0. The van der Waals surface area contributed by atoms with E-state index in [2.05, 4.69) is 10.6 Å². The minimum Gasteiger partial charge on any atom is -0.469 e. The molecule has 0 aliphatic carbocycles. The number of carbonyl (C=O) groups is 1. The molecular weight excluding hydrogens is 216 g/mol. The topological polar surface area (TPSA) is 54.3 Å². The van der Waals surface area contributed by atoms with Crippen LogP contribution in [0.1, 0.15) is 25.5 Å². The van der Waals surface area contributed by atoms with Crippen molar-refractivity contribution >= 4 is 5.91 Å².